The molecule has 5 heteroatoms. The summed E-state index contributed by atoms with van der Waals surface area (Å²) in [4.78, 5) is 27.8. The minimum absolute atomic E-state index is 0.0111. The lowest BCUT2D eigenvalue weighted by molar-refractivity contribution is -0.132. The van der Waals surface area contributed by atoms with E-state index in [1.54, 1.807) is 17.0 Å². The Bertz CT molecular complexity index is 572. The second-order valence-electron chi connectivity index (χ2n) is 5.43. The number of nitrogens with zero attached hydrogens (tertiary/aromatic N) is 2. The summed E-state index contributed by atoms with van der Waals surface area (Å²) in [5, 5.41) is 9.08. The highest BCUT2D eigenvalue weighted by molar-refractivity contribution is 6.10. The molecule has 0 saturated heterocycles. The predicted octanol–water partition coefficient (Wildman–Crippen LogP) is 1.10. The van der Waals surface area contributed by atoms with Gasteiger partial charge in [-0.1, -0.05) is 24.8 Å². The van der Waals surface area contributed by atoms with Crippen LogP contribution in [0.3, 0.4) is 0 Å². The second-order valence-corrected chi connectivity index (χ2v) is 5.43. The van der Waals surface area contributed by atoms with Gasteiger partial charge in [0.15, 0.2) is 0 Å². The van der Waals surface area contributed by atoms with E-state index in [1.165, 1.54) is 4.90 Å². The first kappa shape index (κ1) is 13.8. The zero-order valence-corrected chi connectivity index (χ0v) is 11.8. The molecule has 0 spiro atoms. The highest BCUT2D eigenvalue weighted by Gasteiger charge is 2.36. The third-order valence-electron chi connectivity index (χ3n) is 3.98. The number of carbonyl (C=O) groups is 2. The molecular formula is C16H18N2O3. The molecule has 1 aromatic rings. The number of carbonyl (C=O) groups excluding carboxylic acids is 2. The van der Waals surface area contributed by atoms with Crippen LogP contribution < -0.4 is 0 Å². The van der Waals surface area contributed by atoms with Gasteiger partial charge >= 0.3 is 0 Å². The van der Waals surface area contributed by atoms with Crippen LogP contribution in [0.15, 0.2) is 30.8 Å². The normalized spacial score (nSPS) is 17.1. The van der Waals surface area contributed by atoms with Crippen molar-refractivity contribution in [2.45, 2.75) is 18.9 Å². The quantitative estimate of drug-likeness (QED) is 0.881. The fraction of sp³-hybridized carbons (Fsp3) is 0.375. The fourth-order valence-electron chi connectivity index (χ4n) is 2.73. The van der Waals surface area contributed by atoms with Gasteiger partial charge in [0.05, 0.1) is 6.61 Å². The maximum atomic E-state index is 12.4. The highest BCUT2D eigenvalue weighted by atomic mass is 16.3. The molecule has 2 amide bonds. The van der Waals surface area contributed by atoms with E-state index in [-0.39, 0.29) is 31.0 Å². The molecule has 5 nitrogen and oxygen atoms in total. The largest absolute Gasteiger partial charge is 0.395 e. The zero-order chi connectivity index (χ0) is 15.0. The van der Waals surface area contributed by atoms with Crippen LogP contribution in [0.25, 0.3) is 5.70 Å². The molecule has 3 rings (SSSR count). The molecule has 21 heavy (non-hydrogen) atoms. The van der Waals surface area contributed by atoms with Crippen LogP contribution in [0, 0.1) is 0 Å². The van der Waals surface area contributed by atoms with E-state index in [4.69, 9.17) is 5.11 Å². The average Bonchev–Trinajstić information content (AvgIpc) is 3.30. The predicted molar refractivity (Wildman–Crippen MR) is 78.3 cm³/mol. The van der Waals surface area contributed by atoms with Gasteiger partial charge in [0.2, 0.25) is 5.91 Å². The first-order valence-electron chi connectivity index (χ1n) is 7.14. The smallest absolute Gasteiger partial charge is 0.259 e. The van der Waals surface area contributed by atoms with E-state index < -0.39 is 0 Å². The standard InChI is InChI=1S/C16H18N2O3/c1-11-13-4-2-3-5-14(13)16(21)18(11)10-15(20)17(8-9-19)12-6-7-12/h2-5,12,19H,1,6-10H2. The van der Waals surface area contributed by atoms with Gasteiger partial charge in [0.1, 0.15) is 6.54 Å². The average molecular weight is 286 g/mol. The Morgan fingerprint density at radius 3 is 2.57 bits per heavy atom. The van der Waals surface area contributed by atoms with Crippen molar-refractivity contribution in [3.05, 3.63) is 42.0 Å². The monoisotopic (exact) mass is 286 g/mol. The van der Waals surface area contributed by atoms with E-state index in [9.17, 15) is 9.59 Å². The summed E-state index contributed by atoms with van der Waals surface area (Å²) in [7, 11) is 0. The molecule has 0 atom stereocenters. The number of amides is 2. The molecule has 0 aromatic heterocycles. The van der Waals surface area contributed by atoms with Crippen molar-refractivity contribution in [2.75, 3.05) is 19.7 Å². The molecule has 110 valence electrons. The number of aliphatic hydroxyl groups is 1. The third-order valence-corrected chi connectivity index (χ3v) is 3.98. The summed E-state index contributed by atoms with van der Waals surface area (Å²) in [6.07, 6.45) is 1.95. The van der Waals surface area contributed by atoms with Crippen molar-refractivity contribution in [1.29, 1.82) is 0 Å². The van der Waals surface area contributed by atoms with E-state index in [0.29, 0.717) is 17.8 Å². The minimum Gasteiger partial charge on any atom is -0.395 e. The van der Waals surface area contributed by atoms with Crippen LogP contribution in [0.1, 0.15) is 28.8 Å². The molecule has 1 fully saturated rings. The number of benzene rings is 1. The summed E-state index contributed by atoms with van der Waals surface area (Å²) in [6.45, 7) is 4.19. The van der Waals surface area contributed by atoms with Gasteiger partial charge in [0.25, 0.3) is 5.91 Å². The highest BCUT2D eigenvalue weighted by Crippen LogP contribution is 2.32. The molecule has 0 bridgehead atoms. The Morgan fingerprint density at radius 2 is 2.00 bits per heavy atom. The van der Waals surface area contributed by atoms with Crippen molar-refractivity contribution < 1.29 is 14.7 Å². The fourth-order valence-corrected chi connectivity index (χ4v) is 2.73. The number of aliphatic hydroxyl groups excluding tert-OH is 1. The van der Waals surface area contributed by atoms with Crippen LogP contribution in [-0.2, 0) is 4.79 Å². The molecule has 1 aliphatic heterocycles. The number of hydrogen-bond acceptors (Lipinski definition) is 3. The van der Waals surface area contributed by atoms with Crippen LogP contribution >= 0.6 is 0 Å². The van der Waals surface area contributed by atoms with Gasteiger partial charge in [0, 0.05) is 29.4 Å². The van der Waals surface area contributed by atoms with Gasteiger partial charge in [-0.3, -0.25) is 14.5 Å². The van der Waals surface area contributed by atoms with E-state index in [2.05, 4.69) is 6.58 Å². The Hall–Kier alpha value is -2.14. The lowest BCUT2D eigenvalue weighted by atomic mass is 10.1. The molecule has 0 unspecified atom stereocenters. The lowest BCUT2D eigenvalue weighted by Gasteiger charge is -2.25. The molecular weight excluding hydrogens is 268 g/mol. The minimum atomic E-state index is -0.177. The Labute approximate surface area is 123 Å². The molecule has 1 N–H and O–H groups in total. The van der Waals surface area contributed by atoms with E-state index in [0.717, 1.165) is 18.4 Å². The van der Waals surface area contributed by atoms with E-state index >= 15 is 0 Å². The number of hydrogen-bond donors (Lipinski definition) is 1. The third kappa shape index (κ3) is 2.45. The maximum Gasteiger partial charge on any atom is 0.259 e. The van der Waals surface area contributed by atoms with Gasteiger partial charge in [-0.25, -0.2) is 0 Å². The van der Waals surface area contributed by atoms with Crippen molar-refractivity contribution >= 4 is 17.5 Å². The molecule has 1 aliphatic carbocycles. The lowest BCUT2D eigenvalue weighted by Crippen LogP contribution is -2.42. The molecule has 1 heterocycles. The van der Waals surface area contributed by atoms with Crippen LogP contribution in [0.4, 0.5) is 0 Å². The summed E-state index contributed by atoms with van der Waals surface area (Å²) in [5.74, 6) is -0.308. The van der Waals surface area contributed by atoms with Crippen LogP contribution in [0.2, 0.25) is 0 Å². The first-order valence-corrected chi connectivity index (χ1v) is 7.14. The molecule has 2 aliphatic rings. The van der Waals surface area contributed by atoms with Gasteiger partial charge in [-0.2, -0.15) is 0 Å². The Balaban J connectivity index is 1.75. The van der Waals surface area contributed by atoms with E-state index in [1.807, 2.05) is 12.1 Å². The number of rotatable bonds is 5. The maximum absolute atomic E-state index is 12.4. The molecule has 1 aromatic carbocycles. The SMILES string of the molecule is C=C1c2ccccc2C(=O)N1CC(=O)N(CCO)C1CC1. The summed E-state index contributed by atoms with van der Waals surface area (Å²) < 4.78 is 0. The van der Waals surface area contributed by atoms with Gasteiger partial charge in [-0.05, 0) is 18.9 Å². The van der Waals surface area contributed by atoms with Crippen molar-refractivity contribution in [3.63, 3.8) is 0 Å². The van der Waals surface area contributed by atoms with Crippen LogP contribution in [-0.4, -0.2) is 52.5 Å². The van der Waals surface area contributed by atoms with Gasteiger partial charge < -0.3 is 10.0 Å². The summed E-state index contributed by atoms with van der Waals surface area (Å²) in [6, 6.07) is 7.47. The van der Waals surface area contributed by atoms with Crippen molar-refractivity contribution in [1.82, 2.24) is 9.80 Å². The topological polar surface area (TPSA) is 60.9 Å². The molecule has 1 saturated carbocycles. The summed E-state index contributed by atoms with van der Waals surface area (Å²) in [5.41, 5.74) is 1.95. The Morgan fingerprint density at radius 1 is 1.33 bits per heavy atom. The molecule has 0 radical (unpaired) electrons. The second kappa shape index (κ2) is 5.33. The van der Waals surface area contributed by atoms with Crippen LogP contribution in [0.5, 0.6) is 0 Å². The van der Waals surface area contributed by atoms with Gasteiger partial charge in [-0.15, -0.1) is 0 Å². The first-order chi connectivity index (χ1) is 10.1. The Kier molecular flexibility index (Phi) is 3.51. The zero-order valence-electron chi connectivity index (χ0n) is 11.8. The summed E-state index contributed by atoms with van der Waals surface area (Å²) >= 11 is 0. The van der Waals surface area contributed by atoms with Crippen molar-refractivity contribution in [3.8, 4) is 0 Å². The van der Waals surface area contributed by atoms with Crippen molar-refractivity contribution in [2.24, 2.45) is 0 Å². The number of fused-ring (bicyclic) bond motifs is 1.